The molecule has 2 aromatic carbocycles. The molecule has 0 bridgehead atoms. The van der Waals surface area contributed by atoms with E-state index in [1.54, 1.807) is 55.6 Å². The molecular weight excluding hydrogens is 382 g/mol. The van der Waals surface area contributed by atoms with Gasteiger partial charge in [0.25, 0.3) is 5.91 Å². The number of hydrogen-bond donors (Lipinski definition) is 3. The van der Waals surface area contributed by atoms with Gasteiger partial charge in [0.2, 0.25) is 0 Å². The number of carbonyl (C=O) groups excluding carboxylic acids is 1. The van der Waals surface area contributed by atoms with Crippen LogP contribution in [0.2, 0.25) is 5.02 Å². The Labute approximate surface area is 166 Å². The maximum Gasteiger partial charge on any atom is 0.263 e. The lowest BCUT2D eigenvalue weighted by atomic mass is 10.2. The molecule has 0 aliphatic carbocycles. The fraction of sp³-hybridized carbons (Fsp3) is 0.105. The Kier molecular flexibility index (Phi) is 5.99. The normalized spacial score (nSPS) is 10.0. The van der Waals surface area contributed by atoms with Gasteiger partial charge in [0.1, 0.15) is 28.9 Å². The number of carbonyl (C=O) groups is 1. The summed E-state index contributed by atoms with van der Waals surface area (Å²) in [5.41, 5.74) is 0.903. The summed E-state index contributed by atoms with van der Waals surface area (Å²) >= 11 is 5.80. The Morgan fingerprint density at radius 3 is 2.50 bits per heavy atom. The number of nitrogens with one attached hydrogen (secondary N) is 3. The zero-order valence-corrected chi connectivity index (χ0v) is 15.6. The number of amides is 1. The van der Waals surface area contributed by atoms with E-state index in [1.807, 2.05) is 6.07 Å². The van der Waals surface area contributed by atoms with Gasteiger partial charge >= 0.3 is 0 Å². The van der Waals surface area contributed by atoms with Gasteiger partial charge in [0.15, 0.2) is 12.4 Å². The van der Waals surface area contributed by atoms with Crippen LogP contribution in [0.15, 0.2) is 48.5 Å². The first-order chi connectivity index (χ1) is 13.6. The Morgan fingerprint density at radius 2 is 1.86 bits per heavy atom. The molecular formula is C19H16ClN5O3. The SMILES string of the molecule is COc1ccc(Nc2[nH]nc(NC(=O)COc3ccc(Cl)cc3)c2C#N)cc1. The van der Waals surface area contributed by atoms with E-state index in [1.165, 1.54) is 0 Å². The highest BCUT2D eigenvalue weighted by Crippen LogP contribution is 2.25. The first-order valence-corrected chi connectivity index (χ1v) is 8.54. The number of hydrogen-bond acceptors (Lipinski definition) is 6. The van der Waals surface area contributed by atoms with Gasteiger partial charge in [-0.1, -0.05) is 11.6 Å². The minimum absolute atomic E-state index is 0.114. The molecule has 0 aliphatic heterocycles. The lowest BCUT2D eigenvalue weighted by molar-refractivity contribution is -0.118. The highest BCUT2D eigenvalue weighted by atomic mass is 35.5. The summed E-state index contributed by atoms with van der Waals surface area (Å²) in [6.07, 6.45) is 0. The van der Waals surface area contributed by atoms with E-state index < -0.39 is 5.91 Å². The van der Waals surface area contributed by atoms with Crippen molar-refractivity contribution >= 4 is 34.8 Å². The van der Waals surface area contributed by atoms with Crippen molar-refractivity contribution in [2.75, 3.05) is 24.4 Å². The van der Waals surface area contributed by atoms with E-state index in [4.69, 9.17) is 21.1 Å². The molecule has 0 fully saturated rings. The molecule has 0 unspecified atom stereocenters. The van der Waals surface area contributed by atoms with Crippen LogP contribution in [0.25, 0.3) is 0 Å². The molecule has 0 atom stereocenters. The molecule has 142 valence electrons. The largest absolute Gasteiger partial charge is 0.497 e. The average Bonchev–Trinajstić information content (AvgIpc) is 3.09. The van der Waals surface area contributed by atoms with Gasteiger partial charge in [-0.3, -0.25) is 9.89 Å². The lowest BCUT2D eigenvalue weighted by Gasteiger charge is -2.07. The third-order valence-corrected chi connectivity index (χ3v) is 3.93. The number of nitrogens with zero attached hydrogens (tertiary/aromatic N) is 2. The van der Waals surface area contributed by atoms with Gasteiger partial charge in [-0.2, -0.15) is 10.4 Å². The average molecular weight is 398 g/mol. The predicted molar refractivity (Wildman–Crippen MR) is 105 cm³/mol. The summed E-state index contributed by atoms with van der Waals surface area (Å²) in [7, 11) is 1.58. The van der Waals surface area contributed by atoms with Gasteiger partial charge in [-0.05, 0) is 48.5 Å². The molecule has 3 aromatic rings. The summed E-state index contributed by atoms with van der Waals surface area (Å²) in [5, 5.41) is 22.3. The van der Waals surface area contributed by atoms with Crippen LogP contribution in [-0.2, 0) is 4.79 Å². The maximum atomic E-state index is 12.1. The number of halogens is 1. The van der Waals surface area contributed by atoms with Gasteiger partial charge in [-0.25, -0.2) is 0 Å². The van der Waals surface area contributed by atoms with Crippen LogP contribution in [0.5, 0.6) is 11.5 Å². The second kappa shape index (κ2) is 8.79. The Morgan fingerprint density at radius 1 is 1.18 bits per heavy atom. The summed E-state index contributed by atoms with van der Waals surface area (Å²) in [6, 6.07) is 15.8. The summed E-state index contributed by atoms with van der Waals surface area (Å²) in [5.74, 6) is 1.24. The molecule has 3 N–H and O–H groups in total. The van der Waals surface area contributed by atoms with Gasteiger partial charge in [0, 0.05) is 10.7 Å². The summed E-state index contributed by atoms with van der Waals surface area (Å²) in [6.45, 7) is -0.236. The van der Waals surface area contributed by atoms with E-state index in [0.717, 1.165) is 5.69 Å². The number of rotatable bonds is 7. The van der Waals surface area contributed by atoms with E-state index in [2.05, 4.69) is 20.8 Å². The number of H-pyrrole nitrogens is 1. The predicted octanol–water partition coefficient (Wildman–Crippen LogP) is 3.70. The quantitative estimate of drug-likeness (QED) is 0.560. The van der Waals surface area contributed by atoms with Crippen molar-refractivity contribution in [2.45, 2.75) is 0 Å². The fourth-order valence-electron chi connectivity index (χ4n) is 2.30. The standard InChI is InChI=1S/C19H16ClN5O3/c1-27-14-8-4-13(5-9-14)22-18-16(10-21)19(25-24-18)23-17(26)11-28-15-6-2-12(20)3-7-15/h2-9H,11H2,1H3,(H3,22,23,24,25,26). The zero-order chi connectivity index (χ0) is 19.9. The molecule has 0 aliphatic rings. The number of anilines is 3. The van der Waals surface area contributed by atoms with Crippen LogP contribution in [-0.4, -0.2) is 29.8 Å². The molecule has 1 heterocycles. The van der Waals surface area contributed by atoms with Crippen molar-refractivity contribution < 1.29 is 14.3 Å². The number of aromatic amines is 1. The molecule has 0 spiro atoms. The Hall–Kier alpha value is -3.70. The van der Waals surface area contributed by atoms with E-state index in [-0.39, 0.29) is 18.0 Å². The topological polar surface area (TPSA) is 112 Å². The van der Waals surface area contributed by atoms with Gasteiger partial charge in [0.05, 0.1) is 7.11 Å². The second-order valence-electron chi connectivity index (χ2n) is 5.58. The molecule has 28 heavy (non-hydrogen) atoms. The zero-order valence-electron chi connectivity index (χ0n) is 14.8. The first kappa shape index (κ1) is 19.1. The minimum atomic E-state index is -0.450. The number of ether oxygens (including phenoxy) is 2. The van der Waals surface area contributed by atoms with Gasteiger partial charge in [-0.15, -0.1) is 0 Å². The third kappa shape index (κ3) is 4.72. The Balaban J connectivity index is 1.63. The highest BCUT2D eigenvalue weighted by molar-refractivity contribution is 6.30. The summed E-state index contributed by atoms with van der Waals surface area (Å²) < 4.78 is 10.5. The number of aromatic nitrogens is 2. The van der Waals surface area contributed by atoms with Crippen molar-refractivity contribution in [1.29, 1.82) is 5.26 Å². The van der Waals surface area contributed by atoms with Gasteiger partial charge < -0.3 is 20.1 Å². The van der Waals surface area contributed by atoms with E-state index >= 15 is 0 Å². The van der Waals surface area contributed by atoms with Crippen molar-refractivity contribution in [1.82, 2.24) is 10.2 Å². The lowest BCUT2D eigenvalue weighted by Crippen LogP contribution is -2.20. The van der Waals surface area contributed by atoms with Crippen LogP contribution in [0.1, 0.15) is 5.56 Å². The molecule has 1 aromatic heterocycles. The fourth-order valence-corrected chi connectivity index (χ4v) is 2.42. The summed E-state index contributed by atoms with van der Waals surface area (Å²) in [4.78, 5) is 12.1. The van der Waals surface area contributed by atoms with E-state index in [9.17, 15) is 10.1 Å². The molecule has 9 heteroatoms. The molecule has 0 saturated heterocycles. The van der Waals surface area contributed by atoms with Crippen molar-refractivity contribution in [3.05, 3.63) is 59.1 Å². The number of nitriles is 1. The molecule has 0 saturated carbocycles. The van der Waals surface area contributed by atoms with Crippen molar-refractivity contribution in [3.8, 4) is 17.6 Å². The van der Waals surface area contributed by atoms with Crippen LogP contribution < -0.4 is 20.1 Å². The first-order valence-electron chi connectivity index (χ1n) is 8.17. The molecule has 1 amide bonds. The van der Waals surface area contributed by atoms with Crippen LogP contribution in [0.4, 0.5) is 17.3 Å². The second-order valence-corrected chi connectivity index (χ2v) is 6.01. The number of methoxy groups -OCH3 is 1. The Bertz CT molecular complexity index is 994. The van der Waals surface area contributed by atoms with E-state index in [0.29, 0.717) is 22.3 Å². The van der Waals surface area contributed by atoms with Crippen molar-refractivity contribution in [3.63, 3.8) is 0 Å². The maximum absolute atomic E-state index is 12.1. The molecule has 3 rings (SSSR count). The minimum Gasteiger partial charge on any atom is -0.497 e. The van der Waals surface area contributed by atoms with Crippen molar-refractivity contribution in [2.24, 2.45) is 0 Å². The monoisotopic (exact) mass is 397 g/mol. The van der Waals surface area contributed by atoms with Crippen LogP contribution >= 0.6 is 11.6 Å². The van der Waals surface area contributed by atoms with Crippen LogP contribution in [0.3, 0.4) is 0 Å². The highest BCUT2D eigenvalue weighted by Gasteiger charge is 2.16. The molecule has 8 nitrogen and oxygen atoms in total. The third-order valence-electron chi connectivity index (χ3n) is 3.68. The number of benzene rings is 2. The molecule has 0 radical (unpaired) electrons. The van der Waals surface area contributed by atoms with Crippen LogP contribution in [0, 0.1) is 11.3 Å². The smallest absolute Gasteiger partial charge is 0.263 e.